The maximum absolute atomic E-state index is 11.8. The van der Waals surface area contributed by atoms with Crippen molar-refractivity contribution in [1.29, 1.82) is 0 Å². The Morgan fingerprint density at radius 3 is 2.59 bits per heavy atom. The Labute approximate surface area is 139 Å². The maximum Gasteiger partial charge on any atom is 0.325 e. The molecular weight excluding hydrogens is 375 g/mol. The average molecular weight is 383 g/mol. The van der Waals surface area contributed by atoms with Crippen LogP contribution in [0.5, 0.6) is 5.75 Å². The fourth-order valence-electron chi connectivity index (χ4n) is 1.40. The standard InChI is InChI=1S/C10H8Cl2N4O4S2/c11-4-2-1-3-5(6(4)12)14-10(18)15-8-7(17)9(21-16-8)22(13,19)20/h1-3,17H,(H2,13,19,20)(H2,14,15,16,18). The second-order valence-corrected chi connectivity index (χ2v) is 7.21. The average Bonchev–Trinajstić information content (AvgIpc) is 2.76. The van der Waals surface area contributed by atoms with Gasteiger partial charge < -0.3 is 10.4 Å². The van der Waals surface area contributed by atoms with Gasteiger partial charge in [0.25, 0.3) is 10.0 Å². The Bertz CT molecular complexity index is 837. The third-order valence-electron chi connectivity index (χ3n) is 2.33. The number of anilines is 2. The van der Waals surface area contributed by atoms with Crippen LogP contribution in [0.4, 0.5) is 16.3 Å². The summed E-state index contributed by atoms with van der Waals surface area (Å²) in [5.41, 5.74) is 0.230. The molecule has 0 aliphatic heterocycles. The highest BCUT2D eigenvalue weighted by atomic mass is 35.5. The van der Waals surface area contributed by atoms with Crippen molar-refractivity contribution in [2.24, 2.45) is 5.14 Å². The van der Waals surface area contributed by atoms with Crippen LogP contribution in [0, 0.1) is 0 Å². The molecular formula is C10H8Cl2N4O4S2. The Morgan fingerprint density at radius 2 is 2.00 bits per heavy atom. The van der Waals surface area contributed by atoms with E-state index in [0.29, 0.717) is 11.5 Å². The zero-order valence-corrected chi connectivity index (χ0v) is 13.6. The van der Waals surface area contributed by atoms with E-state index in [1.54, 1.807) is 6.07 Å². The number of nitrogens with one attached hydrogen (secondary N) is 2. The molecule has 0 saturated heterocycles. The predicted octanol–water partition coefficient (Wildman–Crippen LogP) is 2.45. The maximum atomic E-state index is 11.8. The Morgan fingerprint density at radius 1 is 1.32 bits per heavy atom. The minimum Gasteiger partial charge on any atom is -0.503 e. The normalized spacial score (nSPS) is 11.2. The van der Waals surface area contributed by atoms with Crippen LogP contribution in [0.3, 0.4) is 0 Å². The number of rotatable bonds is 3. The first kappa shape index (κ1) is 16.8. The minimum absolute atomic E-state index is 0.132. The molecule has 0 saturated carbocycles. The minimum atomic E-state index is -4.12. The van der Waals surface area contributed by atoms with Crippen LogP contribution in [0.15, 0.2) is 22.4 Å². The second-order valence-electron chi connectivity index (χ2n) is 3.89. The number of hydrogen-bond donors (Lipinski definition) is 4. The monoisotopic (exact) mass is 382 g/mol. The molecule has 118 valence electrons. The van der Waals surface area contributed by atoms with Gasteiger partial charge in [-0.15, -0.1) is 0 Å². The lowest BCUT2D eigenvalue weighted by atomic mass is 10.3. The van der Waals surface area contributed by atoms with E-state index in [-0.39, 0.29) is 21.6 Å². The van der Waals surface area contributed by atoms with Gasteiger partial charge in [0.1, 0.15) is 0 Å². The molecule has 0 atom stereocenters. The van der Waals surface area contributed by atoms with Gasteiger partial charge in [-0.3, -0.25) is 5.32 Å². The number of amides is 2. The summed E-state index contributed by atoms with van der Waals surface area (Å²) in [6.07, 6.45) is 0. The summed E-state index contributed by atoms with van der Waals surface area (Å²) >= 11 is 12.1. The van der Waals surface area contributed by atoms with Gasteiger partial charge in [0.2, 0.25) is 0 Å². The molecule has 0 aliphatic carbocycles. The number of benzene rings is 1. The van der Waals surface area contributed by atoms with Crippen LogP contribution in [0.2, 0.25) is 10.0 Å². The fraction of sp³-hybridized carbons (Fsp3) is 0. The third-order valence-corrected chi connectivity index (χ3v) is 5.41. The molecule has 0 radical (unpaired) electrons. The summed E-state index contributed by atoms with van der Waals surface area (Å²) < 4.78 is 25.4. The topological polar surface area (TPSA) is 134 Å². The molecule has 1 heterocycles. The van der Waals surface area contributed by atoms with Crippen LogP contribution in [0.25, 0.3) is 0 Å². The number of aromatic nitrogens is 1. The number of carbonyl (C=O) groups is 1. The summed E-state index contributed by atoms with van der Waals surface area (Å²) in [6, 6.07) is 3.82. The van der Waals surface area contributed by atoms with Gasteiger partial charge in [-0.25, -0.2) is 18.4 Å². The zero-order chi connectivity index (χ0) is 16.5. The van der Waals surface area contributed by atoms with Crippen molar-refractivity contribution < 1.29 is 18.3 Å². The molecule has 8 nitrogen and oxygen atoms in total. The molecule has 0 spiro atoms. The smallest absolute Gasteiger partial charge is 0.325 e. The van der Waals surface area contributed by atoms with Gasteiger partial charge in [-0.1, -0.05) is 29.3 Å². The number of urea groups is 1. The van der Waals surface area contributed by atoms with E-state index < -0.39 is 26.0 Å². The predicted molar refractivity (Wildman–Crippen MR) is 84.3 cm³/mol. The number of aromatic hydroxyl groups is 1. The number of hydrogen-bond acceptors (Lipinski definition) is 6. The van der Waals surface area contributed by atoms with Crippen LogP contribution >= 0.6 is 34.7 Å². The van der Waals surface area contributed by atoms with Crippen LogP contribution in [-0.4, -0.2) is 23.9 Å². The quantitative estimate of drug-likeness (QED) is 0.646. The lowest BCUT2D eigenvalue weighted by Gasteiger charge is -2.08. The molecule has 2 amide bonds. The van der Waals surface area contributed by atoms with Gasteiger partial charge in [0.05, 0.1) is 15.7 Å². The molecule has 2 aromatic rings. The van der Waals surface area contributed by atoms with Gasteiger partial charge in [-0.05, 0) is 23.7 Å². The first-order valence-electron chi connectivity index (χ1n) is 5.43. The number of nitrogens with two attached hydrogens (primary N) is 1. The van der Waals surface area contributed by atoms with E-state index in [4.69, 9.17) is 28.3 Å². The molecule has 12 heteroatoms. The summed E-state index contributed by atoms with van der Waals surface area (Å²) in [6.45, 7) is 0. The van der Waals surface area contributed by atoms with Gasteiger partial charge in [0, 0.05) is 0 Å². The van der Waals surface area contributed by atoms with Crippen molar-refractivity contribution in [1.82, 2.24) is 4.37 Å². The molecule has 5 N–H and O–H groups in total. The Kier molecular flexibility index (Phi) is 4.78. The molecule has 1 aromatic heterocycles. The van der Waals surface area contributed by atoms with Crippen molar-refractivity contribution >= 4 is 62.3 Å². The first-order valence-corrected chi connectivity index (χ1v) is 8.51. The van der Waals surface area contributed by atoms with Crippen molar-refractivity contribution in [3.8, 4) is 5.75 Å². The molecule has 2 rings (SSSR count). The lowest BCUT2D eigenvalue weighted by Crippen LogP contribution is -2.20. The largest absolute Gasteiger partial charge is 0.503 e. The van der Waals surface area contributed by atoms with E-state index in [1.165, 1.54) is 12.1 Å². The molecule has 1 aromatic carbocycles. The van der Waals surface area contributed by atoms with E-state index >= 15 is 0 Å². The summed E-state index contributed by atoms with van der Waals surface area (Å²) in [7, 11) is -4.12. The number of nitrogens with zero attached hydrogens (tertiary/aromatic N) is 1. The first-order chi connectivity index (χ1) is 10.2. The van der Waals surface area contributed by atoms with Crippen molar-refractivity contribution in [3.63, 3.8) is 0 Å². The Hall–Kier alpha value is -1.59. The van der Waals surface area contributed by atoms with Crippen LogP contribution < -0.4 is 15.8 Å². The van der Waals surface area contributed by atoms with E-state index in [2.05, 4.69) is 15.0 Å². The molecule has 22 heavy (non-hydrogen) atoms. The van der Waals surface area contributed by atoms with Crippen molar-refractivity contribution in [2.75, 3.05) is 10.6 Å². The summed E-state index contributed by atoms with van der Waals surface area (Å²) in [5, 5.41) is 19.5. The second kappa shape index (κ2) is 6.26. The van der Waals surface area contributed by atoms with Gasteiger partial charge >= 0.3 is 6.03 Å². The molecule has 0 bridgehead atoms. The molecule has 0 aliphatic rings. The van der Waals surface area contributed by atoms with Crippen LogP contribution in [0.1, 0.15) is 0 Å². The third kappa shape index (κ3) is 3.59. The highest BCUT2D eigenvalue weighted by molar-refractivity contribution is 7.91. The number of carbonyl (C=O) groups excluding carboxylic acids is 1. The molecule has 0 fully saturated rings. The van der Waals surface area contributed by atoms with E-state index in [9.17, 15) is 18.3 Å². The fourth-order valence-corrected chi connectivity index (χ4v) is 3.13. The van der Waals surface area contributed by atoms with Gasteiger partial charge in [-0.2, -0.15) is 4.37 Å². The van der Waals surface area contributed by atoms with Crippen LogP contribution in [-0.2, 0) is 10.0 Å². The van der Waals surface area contributed by atoms with E-state index in [0.717, 1.165) is 0 Å². The van der Waals surface area contributed by atoms with Crippen molar-refractivity contribution in [3.05, 3.63) is 28.2 Å². The summed E-state index contributed by atoms with van der Waals surface area (Å²) in [4.78, 5) is 11.8. The number of sulfonamides is 1. The van der Waals surface area contributed by atoms with Crippen molar-refractivity contribution in [2.45, 2.75) is 4.21 Å². The van der Waals surface area contributed by atoms with Gasteiger partial charge in [0.15, 0.2) is 15.8 Å². The zero-order valence-electron chi connectivity index (χ0n) is 10.5. The number of primary sulfonamides is 1. The highest BCUT2D eigenvalue weighted by Gasteiger charge is 2.23. The number of halogens is 2. The Balaban J connectivity index is 2.17. The highest BCUT2D eigenvalue weighted by Crippen LogP contribution is 2.34. The summed E-state index contributed by atoms with van der Waals surface area (Å²) in [5.74, 6) is -1.08. The van der Waals surface area contributed by atoms with E-state index in [1.807, 2.05) is 0 Å². The molecule has 0 unspecified atom stereocenters. The SMILES string of the molecule is NS(=O)(=O)c1snc(NC(=O)Nc2cccc(Cl)c2Cl)c1O. The lowest BCUT2D eigenvalue weighted by molar-refractivity contribution is 0.262.